The zero-order valence-electron chi connectivity index (χ0n) is 15.7. The van der Waals surface area contributed by atoms with Gasteiger partial charge in [0.05, 0.1) is 17.1 Å². The van der Waals surface area contributed by atoms with Crippen LogP contribution in [0, 0.1) is 0 Å². The van der Waals surface area contributed by atoms with Crippen LogP contribution in [0.15, 0.2) is 60.7 Å². The highest BCUT2D eigenvalue weighted by Crippen LogP contribution is 2.37. The Kier molecular flexibility index (Phi) is 4.98. The molecule has 0 radical (unpaired) electrons. The molecule has 0 atom stereocenters. The monoisotopic (exact) mass is 373 g/mol. The Balaban J connectivity index is 1.27. The summed E-state index contributed by atoms with van der Waals surface area (Å²) in [5.41, 5.74) is 8.84. The lowest BCUT2D eigenvalue weighted by Gasteiger charge is -2.17. The van der Waals surface area contributed by atoms with Gasteiger partial charge in [0.25, 0.3) is 5.91 Å². The van der Waals surface area contributed by atoms with Gasteiger partial charge in [-0.1, -0.05) is 42.8 Å². The first kappa shape index (κ1) is 18.0. The predicted octanol–water partition coefficient (Wildman–Crippen LogP) is 4.58. The summed E-state index contributed by atoms with van der Waals surface area (Å²) in [5, 5.41) is 5.00. The molecule has 2 amide bonds. The third kappa shape index (κ3) is 3.43. The molecule has 0 bridgehead atoms. The molecule has 4 rings (SSSR count). The Hall–Kier alpha value is -3.34. The molecule has 0 aromatic heterocycles. The number of unbranched alkanes of at least 4 members (excludes halogenated alkanes) is 2. The summed E-state index contributed by atoms with van der Waals surface area (Å²) in [6, 6.07) is 19.1. The number of nitrogens with one attached hydrogen (secondary N) is 1. The van der Waals surface area contributed by atoms with Gasteiger partial charge in [0, 0.05) is 23.9 Å². The van der Waals surface area contributed by atoms with E-state index < -0.39 is 0 Å². The van der Waals surface area contributed by atoms with Crippen LogP contribution in [-0.2, 0) is 4.79 Å². The highest BCUT2D eigenvalue weighted by molar-refractivity contribution is 6.24. The maximum Gasteiger partial charge on any atom is 0.258 e. The third-order valence-corrected chi connectivity index (χ3v) is 5.17. The maximum absolute atomic E-state index is 12.7. The van der Waals surface area contributed by atoms with Crippen LogP contribution in [0.4, 0.5) is 17.1 Å². The lowest BCUT2D eigenvalue weighted by molar-refractivity contribution is -0.116. The fourth-order valence-electron chi connectivity index (χ4n) is 3.76. The summed E-state index contributed by atoms with van der Waals surface area (Å²) in [6.07, 6.45) is 2.96. The summed E-state index contributed by atoms with van der Waals surface area (Å²) >= 11 is 0. The normalized spacial score (nSPS) is 12.6. The largest absolute Gasteiger partial charge is 0.397 e. The van der Waals surface area contributed by atoms with Crippen molar-refractivity contribution in [3.63, 3.8) is 0 Å². The molecule has 0 aliphatic carbocycles. The number of hydrogen-bond donors (Lipinski definition) is 2. The standard InChI is InChI=1S/C23H23N3O2/c24-18-11-3-4-12-19(18)25-21(27)14-2-1-5-15-26-20-13-7-9-16-8-6-10-17(22(16)20)23(26)28/h3-4,6-13H,1-2,5,14-15,24H2,(H,25,27). The summed E-state index contributed by atoms with van der Waals surface area (Å²) in [7, 11) is 0. The number of nitrogen functional groups attached to an aromatic ring is 1. The Bertz CT molecular complexity index is 1040. The Labute approximate surface area is 164 Å². The summed E-state index contributed by atoms with van der Waals surface area (Å²) in [5.74, 6) is 0.0383. The van der Waals surface area contributed by atoms with Crippen molar-refractivity contribution in [2.24, 2.45) is 0 Å². The van der Waals surface area contributed by atoms with Crippen LogP contribution < -0.4 is 16.0 Å². The minimum absolute atomic E-state index is 0.0349. The number of carbonyl (C=O) groups excluding carboxylic acids is 2. The molecule has 3 aromatic rings. The molecule has 3 N–H and O–H groups in total. The van der Waals surface area contributed by atoms with Crippen molar-refractivity contribution >= 4 is 39.6 Å². The van der Waals surface area contributed by atoms with Crippen LogP contribution in [0.5, 0.6) is 0 Å². The highest BCUT2D eigenvalue weighted by Gasteiger charge is 2.28. The van der Waals surface area contributed by atoms with Crippen LogP contribution >= 0.6 is 0 Å². The summed E-state index contributed by atoms with van der Waals surface area (Å²) < 4.78 is 0. The quantitative estimate of drug-likeness (QED) is 0.470. The zero-order chi connectivity index (χ0) is 19.5. The highest BCUT2D eigenvalue weighted by atomic mass is 16.2. The lowest BCUT2D eigenvalue weighted by Crippen LogP contribution is -2.27. The van der Waals surface area contributed by atoms with Gasteiger partial charge in [-0.05, 0) is 42.5 Å². The number of benzene rings is 3. The fraction of sp³-hybridized carbons (Fsp3) is 0.217. The van der Waals surface area contributed by atoms with Crippen molar-refractivity contribution in [1.82, 2.24) is 0 Å². The number of carbonyl (C=O) groups is 2. The zero-order valence-corrected chi connectivity index (χ0v) is 15.7. The molecule has 0 unspecified atom stereocenters. The number of rotatable bonds is 7. The molecule has 142 valence electrons. The number of para-hydroxylation sites is 2. The maximum atomic E-state index is 12.7. The minimum Gasteiger partial charge on any atom is -0.397 e. The van der Waals surface area contributed by atoms with Gasteiger partial charge in [-0.15, -0.1) is 0 Å². The van der Waals surface area contributed by atoms with E-state index >= 15 is 0 Å². The average molecular weight is 373 g/mol. The smallest absolute Gasteiger partial charge is 0.258 e. The van der Waals surface area contributed by atoms with Gasteiger partial charge in [0.2, 0.25) is 5.91 Å². The molecule has 0 spiro atoms. The molecule has 0 saturated heterocycles. The second kappa shape index (κ2) is 7.72. The Morgan fingerprint density at radius 2 is 1.71 bits per heavy atom. The van der Waals surface area contributed by atoms with E-state index in [4.69, 9.17) is 5.73 Å². The number of nitrogens with two attached hydrogens (primary N) is 1. The molecule has 1 heterocycles. The minimum atomic E-state index is -0.0349. The summed E-state index contributed by atoms with van der Waals surface area (Å²) in [6.45, 7) is 0.667. The van der Waals surface area contributed by atoms with Gasteiger partial charge in [0.15, 0.2) is 0 Å². The van der Waals surface area contributed by atoms with Gasteiger partial charge in [0.1, 0.15) is 0 Å². The molecular formula is C23H23N3O2. The van der Waals surface area contributed by atoms with Crippen LogP contribution in [0.2, 0.25) is 0 Å². The first-order valence-corrected chi connectivity index (χ1v) is 9.63. The van der Waals surface area contributed by atoms with Crippen molar-refractivity contribution in [2.45, 2.75) is 25.7 Å². The van der Waals surface area contributed by atoms with E-state index in [9.17, 15) is 9.59 Å². The van der Waals surface area contributed by atoms with Gasteiger partial charge in [-0.2, -0.15) is 0 Å². The molecule has 5 heteroatoms. The van der Waals surface area contributed by atoms with Gasteiger partial charge in [-0.3, -0.25) is 9.59 Å². The van der Waals surface area contributed by atoms with E-state index in [-0.39, 0.29) is 11.8 Å². The molecule has 1 aliphatic heterocycles. The average Bonchev–Trinajstić information content (AvgIpc) is 2.97. The molecule has 0 saturated carbocycles. The fourth-order valence-corrected chi connectivity index (χ4v) is 3.76. The van der Waals surface area contributed by atoms with Crippen LogP contribution in [0.3, 0.4) is 0 Å². The molecule has 5 nitrogen and oxygen atoms in total. The molecule has 28 heavy (non-hydrogen) atoms. The van der Waals surface area contributed by atoms with Crippen molar-refractivity contribution in [3.8, 4) is 0 Å². The first-order valence-electron chi connectivity index (χ1n) is 9.63. The van der Waals surface area contributed by atoms with E-state index in [1.54, 1.807) is 12.1 Å². The van der Waals surface area contributed by atoms with E-state index in [0.29, 0.717) is 24.3 Å². The van der Waals surface area contributed by atoms with Crippen molar-refractivity contribution in [1.29, 1.82) is 0 Å². The van der Waals surface area contributed by atoms with E-state index in [0.717, 1.165) is 41.3 Å². The second-order valence-electron chi connectivity index (χ2n) is 7.08. The van der Waals surface area contributed by atoms with Gasteiger partial charge >= 0.3 is 0 Å². The van der Waals surface area contributed by atoms with Crippen LogP contribution in [0.1, 0.15) is 36.0 Å². The number of nitrogens with zero attached hydrogens (tertiary/aromatic N) is 1. The molecule has 0 fully saturated rings. The Morgan fingerprint density at radius 3 is 2.54 bits per heavy atom. The molecular weight excluding hydrogens is 350 g/mol. The van der Waals surface area contributed by atoms with Gasteiger partial charge < -0.3 is 16.0 Å². The van der Waals surface area contributed by atoms with Crippen LogP contribution in [0.25, 0.3) is 10.8 Å². The first-order chi connectivity index (χ1) is 13.6. The SMILES string of the molecule is Nc1ccccc1NC(=O)CCCCCN1C(=O)c2cccc3cccc1c23. The summed E-state index contributed by atoms with van der Waals surface area (Å²) in [4.78, 5) is 26.7. The van der Waals surface area contributed by atoms with Crippen LogP contribution in [-0.4, -0.2) is 18.4 Å². The molecule has 1 aliphatic rings. The molecule has 3 aromatic carbocycles. The van der Waals surface area contributed by atoms with Crippen molar-refractivity contribution in [3.05, 3.63) is 66.2 Å². The lowest BCUT2D eigenvalue weighted by atomic mass is 10.1. The second-order valence-corrected chi connectivity index (χ2v) is 7.08. The van der Waals surface area contributed by atoms with Crippen molar-refractivity contribution in [2.75, 3.05) is 22.5 Å². The number of hydrogen-bond acceptors (Lipinski definition) is 3. The van der Waals surface area contributed by atoms with E-state index in [1.165, 1.54) is 0 Å². The van der Waals surface area contributed by atoms with E-state index in [1.807, 2.05) is 53.4 Å². The van der Waals surface area contributed by atoms with Gasteiger partial charge in [-0.25, -0.2) is 0 Å². The van der Waals surface area contributed by atoms with E-state index in [2.05, 4.69) is 5.32 Å². The predicted molar refractivity (Wildman–Crippen MR) is 114 cm³/mol. The number of anilines is 3. The van der Waals surface area contributed by atoms with Crippen molar-refractivity contribution < 1.29 is 9.59 Å². The number of amides is 2. The Morgan fingerprint density at radius 1 is 0.929 bits per heavy atom. The third-order valence-electron chi connectivity index (χ3n) is 5.17. The topological polar surface area (TPSA) is 75.4 Å².